The normalized spacial score (nSPS) is 12.8. The fraction of sp³-hybridized carbons (Fsp3) is 0.240. The van der Waals surface area contributed by atoms with E-state index < -0.39 is 9.84 Å². The lowest BCUT2D eigenvalue weighted by Crippen LogP contribution is -2.16. The molecule has 11 heteroatoms. The zero-order valence-corrected chi connectivity index (χ0v) is 20.5. The number of furan rings is 1. The molecule has 0 amide bonds. The van der Waals surface area contributed by atoms with Gasteiger partial charge in [-0.1, -0.05) is 6.07 Å². The van der Waals surface area contributed by atoms with Crippen LogP contribution in [0.15, 0.2) is 73.5 Å². The second-order valence-corrected chi connectivity index (χ2v) is 9.67. The first-order valence-corrected chi connectivity index (χ1v) is 12.6. The summed E-state index contributed by atoms with van der Waals surface area (Å²) in [5.74, 6) is 2.45. The van der Waals surface area contributed by atoms with E-state index in [9.17, 15) is 8.42 Å². The molecule has 2 aromatic heterocycles. The minimum absolute atomic E-state index is 0.00832. The number of benzene rings is 2. The summed E-state index contributed by atoms with van der Waals surface area (Å²) < 4.78 is 60.0. The third-order valence-electron chi connectivity index (χ3n) is 5.55. The molecule has 1 aliphatic rings. The zero-order chi connectivity index (χ0) is 25.1. The van der Waals surface area contributed by atoms with Crippen molar-refractivity contribution in [3.8, 4) is 34.6 Å². The number of oxazole rings is 1. The van der Waals surface area contributed by atoms with Crippen molar-refractivity contribution in [2.75, 3.05) is 39.3 Å². The lowest BCUT2D eigenvalue weighted by Gasteiger charge is -2.18. The third kappa shape index (κ3) is 4.57. The Hall–Kier alpha value is -4.12. The van der Waals surface area contributed by atoms with Crippen molar-refractivity contribution < 1.29 is 36.2 Å². The van der Waals surface area contributed by atoms with Crippen LogP contribution in [0.4, 0.5) is 5.88 Å². The van der Waals surface area contributed by atoms with Crippen molar-refractivity contribution >= 4 is 15.7 Å². The maximum Gasteiger partial charge on any atom is 0.266 e. The minimum atomic E-state index is -4.07. The van der Waals surface area contributed by atoms with E-state index >= 15 is 0 Å². The molecule has 5 rings (SSSR count). The van der Waals surface area contributed by atoms with Crippen LogP contribution in [0.1, 0.15) is 5.56 Å². The van der Waals surface area contributed by atoms with Crippen molar-refractivity contribution in [3.63, 3.8) is 0 Å². The predicted molar refractivity (Wildman–Crippen MR) is 129 cm³/mol. The molecule has 0 unspecified atom stereocenters. The van der Waals surface area contributed by atoms with E-state index in [0.29, 0.717) is 54.9 Å². The molecule has 0 spiro atoms. The van der Waals surface area contributed by atoms with Crippen LogP contribution < -0.4 is 24.3 Å². The summed E-state index contributed by atoms with van der Waals surface area (Å²) in [4.78, 5) is 4.28. The Morgan fingerprint density at radius 1 is 0.972 bits per heavy atom. The quantitative estimate of drug-likeness (QED) is 0.349. The van der Waals surface area contributed by atoms with Crippen LogP contribution in [0.3, 0.4) is 0 Å². The first-order chi connectivity index (χ1) is 17.5. The number of hydrogen-bond donors (Lipinski definition) is 1. The van der Waals surface area contributed by atoms with Crippen LogP contribution >= 0.6 is 0 Å². The number of nitrogens with one attached hydrogen (secondary N) is 1. The highest BCUT2D eigenvalue weighted by Crippen LogP contribution is 2.37. The van der Waals surface area contributed by atoms with Crippen molar-refractivity contribution in [1.29, 1.82) is 0 Å². The van der Waals surface area contributed by atoms with E-state index in [4.69, 9.17) is 27.8 Å². The molecule has 0 aliphatic carbocycles. The van der Waals surface area contributed by atoms with Crippen LogP contribution in [-0.4, -0.2) is 47.4 Å². The molecular formula is C25H24N2O8S. The van der Waals surface area contributed by atoms with Crippen LogP contribution in [0.25, 0.3) is 11.7 Å². The Morgan fingerprint density at radius 2 is 1.78 bits per heavy atom. The topological polar surface area (TPSA) is 122 Å². The number of methoxy groups -OCH3 is 2. The molecule has 0 saturated heterocycles. The van der Waals surface area contributed by atoms with Crippen molar-refractivity contribution in [2.45, 2.75) is 16.3 Å². The highest BCUT2D eigenvalue weighted by atomic mass is 32.2. The molecule has 4 aromatic rings. The van der Waals surface area contributed by atoms with Gasteiger partial charge in [0.25, 0.3) is 5.89 Å². The van der Waals surface area contributed by atoms with E-state index in [1.54, 1.807) is 32.4 Å². The Balaban J connectivity index is 1.43. The van der Waals surface area contributed by atoms with Gasteiger partial charge in [-0.25, -0.2) is 8.42 Å². The maximum absolute atomic E-state index is 13.6. The maximum atomic E-state index is 13.6. The third-order valence-corrected chi connectivity index (χ3v) is 7.21. The fourth-order valence-corrected chi connectivity index (χ4v) is 5.06. The van der Waals surface area contributed by atoms with E-state index in [0.717, 1.165) is 5.56 Å². The molecule has 1 N–H and O–H groups in total. The number of rotatable bonds is 9. The summed E-state index contributed by atoms with van der Waals surface area (Å²) in [5.41, 5.74) is 0.960. The molecule has 0 fully saturated rings. The van der Waals surface area contributed by atoms with Gasteiger partial charge in [0, 0.05) is 12.6 Å². The highest BCUT2D eigenvalue weighted by Gasteiger charge is 2.30. The molecule has 3 heterocycles. The number of anilines is 1. The standard InChI is InChI=1S/C25H24N2O8S/c1-30-18-7-5-16(14-21(18)31-2)9-10-26-24-25(27-23(35-24)20-4-3-11-32-20)36(28,29)17-6-8-19-22(15-17)34-13-12-33-19/h3-8,11,14-15,26H,9-10,12-13H2,1-2H3. The Morgan fingerprint density at radius 3 is 2.53 bits per heavy atom. The van der Waals surface area contributed by atoms with Gasteiger partial charge in [0.2, 0.25) is 20.7 Å². The first-order valence-electron chi connectivity index (χ1n) is 11.1. The van der Waals surface area contributed by atoms with Gasteiger partial charge in [0.05, 0.1) is 25.4 Å². The largest absolute Gasteiger partial charge is 0.493 e. The monoisotopic (exact) mass is 512 g/mol. The van der Waals surface area contributed by atoms with Crippen LogP contribution in [0.5, 0.6) is 23.0 Å². The van der Waals surface area contributed by atoms with Gasteiger partial charge in [-0.15, -0.1) is 0 Å². The average molecular weight is 513 g/mol. The minimum Gasteiger partial charge on any atom is -0.493 e. The molecule has 0 radical (unpaired) electrons. The van der Waals surface area contributed by atoms with Gasteiger partial charge in [-0.2, -0.15) is 4.98 Å². The molecule has 0 atom stereocenters. The molecule has 2 aromatic carbocycles. The Kier molecular flexibility index (Phi) is 6.47. The van der Waals surface area contributed by atoms with E-state index in [2.05, 4.69) is 10.3 Å². The van der Waals surface area contributed by atoms with Crippen LogP contribution in [0, 0.1) is 0 Å². The van der Waals surface area contributed by atoms with Gasteiger partial charge in [0.15, 0.2) is 28.8 Å². The second-order valence-electron chi connectivity index (χ2n) is 7.81. The zero-order valence-electron chi connectivity index (χ0n) is 19.6. The molecular weight excluding hydrogens is 488 g/mol. The second kappa shape index (κ2) is 9.86. The van der Waals surface area contributed by atoms with Crippen molar-refractivity contribution in [3.05, 3.63) is 60.4 Å². The van der Waals surface area contributed by atoms with Gasteiger partial charge in [-0.05, 0) is 48.4 Å². The van der Waals surface area contributed by atoms with E-state index in [-0.39, 0.29) is 21.7 Å². The van der Waals surface area contributed by atoms with Crippen molar-refractivity contribution in [1.82, 2.24) is 4.98 Å². The van der Waals surface area contributed by atoms with Gasteiger partial charge in [0.1, 0.15) is 13.2 Å². The summed E-state index contributed by atoms with van der Waals surface area (Å²) in [6.07, 6.45) is 2.01. The average Bonchev–Trinajstić information content (AvgIpc) is 3.59. The molecule has 1 aliphatic heterocycles. The van der Waals surface area contributed by atoms with Crippen LogP contribution in [-0.2, 0) is 16.3 Å². The van der Waals surface area contributed by atoms with Gasteiger partial charge in [-0.3, -0.25) is 0 Å². The lowest BCUT2D eigenvalue weighted by molar-refractivity contribution is 0.171. The Labute approximate surface area is 207 Å². The number of nitrogens with zero attached hydrogens (tertiary/aromatic N) is 1. The van der Waals surface area contributed by atoms with Gasteiger partial charge >= 0.3 is 0 Å². The summed E-state index contributed by atoms with van der Waals surface area (Å²) in [5, 5.41) is 2.82. The smallest absolute Gasteiger partial charge is 0.266 e. The summed E-state index contributed by atoms with van der Waals surface area (Å²) in [7, 11) is -0.927. The van der Waals surface area contributed by atoms with Gasteiger partial charge < -0.3 is 33.1 Å². The SMILES string of the molecule is COc1ccc(CCNc2oc(-c3ccco3)nc2S(=O)(=O)c2ccc3c(c2)OCCO3)cc1OC. The fourth-order valence-electron chi connectivity index (χ4n) is 3.76. The van der Waals surface area contributed by atoms with E-state index in [1.165, 1.54) is 18.4 Å². The van der Waals surface area contributed by atoms with Crippen LogP contribution in [0.2, 0.25) is 0 Å². The number of ether oxygens (including phenoxy) is 4. The summed E-state index contributed by atoms with van der Waals surface area (Å²) in [6, 6.07) is 13.3. The molecule has 188 valence electrons. The van der Waals surface area contributed by atoms with Crippen molar-refractivity contribution in [2.24, 2.45) is 0 Å². The molecule has 0 saturated carbocycles. The highest BCUT2D eigenvalue weighted by molar-refractivity contribution is 7.91. The Bertz CT molecular complexity index is 1460. The molecule has 10 nitrogen and oxygen atoms in total. The predicted octanol–water partition coefficient (Wildman–Crippen LogP) is 4.21. The molecule has 0 bridgehead atoms. The number of aromatic nitrogens is 1. The van der Waals surface area contributed by atoms with E-state index in [1.807, 2.05) is 18.2 Å². The number of hydrogen-bond acceptors (Lipinski definition) is 10. The first kappa shape index (κ1) is 23.6. The summed E-state index contributed by atoms with van der Waals surface area (Å²) >= 11 is 0. The number of fused-ring (bicyclic) bond motifs is 1. The number of sulfone groups is 1. The lowest BCUT2D eigenvalue weighted by atomic mass is 10.1. The molecule has 36 heavy (non-hydrogen) atoms. The summed E-state index contributed by atoms with van der Waals surface area (Å²) in [6.45, 7) is 1.11.